The third-order valence-corrected chi connectivity index (χ3v) is 3.58. The van der Waals surface area contributed by atoms with E-state index < -0.39 is 0 Å². The van der Waals surface area contributed by atoms with E-state index in [1.165, 1.54) is 5.56 Å². The fourth-order valence-electron chi connectivity index (χ4n) is 2.40. The maximum absolute atomic E-state index is 4.38. The number of nitrogens with one attached hydrogen (secondary N) is 2. The van der Waals surface area contributed by atoms with Gasteiger partial charge in [0.1, 0.15) is 0 Å². The molecule has 0 aliphatic heterocycles. The molecule has 0 aliphatic carbocycles. The highest BCUT2D eigenvalue weighted by molar-refractivity contribution is 5.90. The van der Waals surface area contributed by atoms with Gasteiger partial charge in [0.05, 0.1) is 11.2 Å². The van der Waals surface area contributed by atoms with Gasteiger partial charge < -0.3 is 5.32 Å². The number of benzene rings is 2. The van der Waals surface area contributed by atoms with E-state index in [1.807, 2.05) is 18.2 Å². The third-order valence-electron chi connectivity index (χ3n) is 3.58. The molecule has 0 aliphatic rings. The second-order valence-electron chi connectivity index (χ2n) is 5.85. The Bertz CT molecular complexity index is 784. The minimum atomic E-state index is 0.618. The van der Waals surface area contributed by atoms with Gasteiger partial charge in [-0.1, -0.05) is 56.3 Å². The molecule has 2 N–H and O–H groups in total. The average Bonchev–Trinajstić information content (AvgIpc) is 2.95. The first-order valence-corrected chi connectivity index (χ1v) is 7.68. The summed E-state index contributed by atoms with van der Waals surface area (Å²) >= 11 is 0. The van der Waals surface area contributed by atoms with Gasteiger partial charge in [-0.25, -0.2) is 0 Å². The van der Waals surface area contributed by atoms with Gasteiger partial charge in [-0.2, -0.15) is 5.10 Å². The second-order valence-corrected chi connectivity index (χ2v) is 5.85. The lowest BCUT2D eigenvalue weighted by atomic mass is 10.1. The van der Waals surface area contributed by atoms with E-state index in [0.29, 0.717) is 5.92 Å². The molecule has 0 spiro atoms. The lowest BCUT2D eigenvalue weighted by Crippen LogP contribution is -2.08. The number of hydrogen-bond donors (Lipinski definition) is 2. The predicted molar refractivity (Wildman–Crippen MR) is 94.8 cm³/mol. The van der Waals surface area contributed by atoms with Crippen molar-refractivity contribution < 1.29 is 0 Å². The number of H-pyrrole nitrogens is 1. The third kappa shape index (κ3) is 3.19. The largest absolute Gasteiger partial charge is 0.384 e. The molecular weight excluding hydrogens is 270 g/mol. The Labute approximate surface area is 131 Å². The van der Waals surface area contributed by atoms with E-state index in [9.17, 15) is 0 Å². The Morgan fingerprint density at radius 2 is 1.82 bits per heavy atom. The summed E-state index contributed by atoms with van der Waals surface area (Å²) in [7, 11) is 0. The molecule has 0 atom stereocenters. The van der Waals surface area contributed by atoms with Gasteiger partial charge in [-0.15, -0.1) is 0 Å². The molecule has 0 amide bonds. The van der Waals surface area contributed by atoms with Crippen molar-refractivity contribution in [2.45, 2.75) is 13.8 Å². The molecule has 3 rings (SSSR count). The molecular formula is C19H21N3. The van der Waals surface area contributed by atoms with Crippen LogP contribution in [0.2, 0.25) is 0 Å². The molecule has 3 aromatic rings. The number of hydrogen-bond acceptors (Lipinski definition) is 2. The summed E-state index contributed by atoms with van der Waals surface area (Å²) in [5.74, 6) is 0.618. The quantitative estimate of drug-likeness (QED) is 0.709. The normalized spacial score (nSPS) is 11.6. The monoisotopic (exact) mass is 291 g/mol. The molecule has 1 aromatic heterocycles. The SMILES string of the molecule is CC(C)CNc1ccccc1C=Cc1n[nH]c2ccccc12. The van der Waals surface area contributed by atoms with Crippen LogP contribution in [0.25, 0.3) is 23.1 Å². The van der Waals surface area contributed by atoms with Crippen LogP contribution in [0.5, 0.6) is 0 Å². The van der Waals surface area contributed by atoms with Crippen LogP contribution in [0, 0.1) is 5.92 Å². The van der Waals surface area contributed by atoms with Gasteiger partial charge in [0, 0.05) is 17.6 Å². The fourth-order valence-corrected chi connectivity index (χ4v) is 2.40. The fraction of sp³-hybridized carbons (Fsp3) is 0.211. The zero-order valence-corrected chi connectivity index (χ0v) is 13.0. The van der Waals surface area contributed by atoms with Crippen molar-refractivity contribution >= 4 is 28.7 Å². The van der Waals surface area contributed by atoms with Gasteiger partial charge in [0.15, 0.2) is 0 Å². The maximum Gasteiger partial charge on any atom is 0.0927 e. The molecule has 0 unspecified atom stereocenters. The van der Waals surface area contributed by atoms with Crippen LogP contribution < -0.4 is 5.32 Å². The predicted octanol–water partition coefficient (Wildman–Crippen LogP) is 4.80. The Morgan fingerprint density at radius 1 is 1.05 bits per heavy atom. The molecule has 112 valence electrons. The van der Waals surface area contributed by atoms with Crippen molar-refractivity contribution in [3.05, 3.63) is 59.8 Å². The Balaban J connectivity index is 1.86. The van der Waals surface area contributed by atoms with E-state index in [2.05, 4.69) is 71.8 Å². The van der Waals surface area contributed by atoms with Crippen LogP contribution in [-0.2, 0) is 0 Å². The number of nitrogens with zero attached hydrogens (tertiary/aromatic N) is 1. The van der Waals surface area contributed by atoms with Crippen molar-refractivity contribution in [3.8, 4) is 0 Å². The summed E-state index contributed by atoms with van der Waals surface area (Å²) < 4.78 is 0. The second kappa shape index (κ2) is 6.48. The van der Waals surface area contributed by atoms with Gasteiger partial charge in [-0.05, 0) is 29.7 Å². The number of para-hydroxylation sites is 2. The molecule has 3 nitrogen and oxygen atoms in total. The van der Waals surface area contributed by atoms with Gasteiger partial charge in [0.25, 0.3) is 0 Å². The minimum Gasteiger partial charge on any atom is -0.384 e. The highest BCUT2D eigenvalue weighted by atomic mass is 15.1. The standard InChI is InChI=1S/C19H21N3/c1-14(2)13-20-17-9-5-3-7-15(17)11-12-19-16-8-4-6-10-18(16)21-22-19/h3-12,14,20H,13H2,1-2H3,(H,21,22). The number of aromatic nitrogens is 2. The summed E-state index contributed by atoms with van der Waals surface area (Å²) in [6.45, 7) is 5.39. The topological polar surface area (TPSA) is 40.7 Å². The summed E-state index contributed by atoms with van der Waals surface area (Å²) in [5.41, 5.74) is 4.37. The van der Waals surface area contributed by atoms with Crippen LogP contribution >= 0.6 is 0 Å². The average molecular weight is 291 g/mol. The molecule has 3 heteroatoms. The van der Waals surface area contributed by atoms with Crippen LogP contribution in [0.1, 0.15) is 25.1 Å². The Hall–Kier alpha value is -2.55. The summed E-state index contributed by atoms with van der Waals surface area (Å²) in [6, 6.07) is 16.5. The van der Waals surface area contributed by atoms with Crippen molar-refractivity contribution in [3.63, 3.8) is 0 Å². The zero-order valence-electron chi connectivity index (χ0n) is 13.0. The highest BCUT2D eigenvalue weighted by Gasteiger charge is 2.02. The number of aromatic amines is 1. The molecule has 0 saturated heterocycles. The first-order valence-electron chi connectivity index (χ1n) is 7.68. The van der Waals surface area contributed by atoms with Gasteiger partial charge >= 0.3 is 0 Å². The van der Waals surface area contributed by atoms with Crippen molar-refractivity contribution in [2.24, 2.45) is 5.92 Å². The van der Waals surface area contributed by atoms with E-state index in [4.69, 9.17) is 0 Å². The van der Waals surface area contributed by atoms with E-state index in [1.54, 1.807) is 0 Å². The summed E-state index contributed by atoms with van der Waals surface area (Å²) in [4.78, 5) is 0. The van der Waals surface area contributed by atoms with Crippen LogP contribution in [0.3, 0.4) is 0 Å². The van der Waals surface area contributed by atoms with Crippen LogP contribution in [-0.4, -0.2) is 16.7 Å². The molecule has 22 heavy (non-hydrogen) atoms. The molecule has 0 bridgehead atoms. The molecule has 0 radical (unpaired) electrons. The van der Waals surface area contributed by atoms with Gasteiger partial charge in [0.2, 0.25) is 0 Å². The number of anilines is 1. The molecule has 0 saturated carbocycles. The Morgan fingerprint density at radius 3 is 2.68 bits per heavy atom. The van der Waals surface area contributed by atoms with Crippen molar-refractivity contribution in [1.82, 2.24) is 10.2 Å². The lowest BCUT2D eigenvalue weighted by Gasteiger charge is -2.11. The summed E-state index contributed by atoms with van der Waals surface area (Å²) in [5, 5.41) is 12.1. The first-order chi connectivity index (χ1) is 10.7. The van der Waals surface area contributed by atoms with Crippen molar-refractivity contribution in [1.29, 1.82) is 0 Å². The van der Waals surface area contributed by atoms with E-state index >= 15 is 0 Å². The smallest absolute Gasteiger partial charge is 0.0927 e. The lowest BCUT2D eigenvalue weighted by molar-refractivity contribution is 0.689. The van der Waals surface area contributed by atoms with Gasteiger partial charge in [-0.3, -0.25) is 5.10 Å². The maximum atomic E-state index is 4.38. The highest BCUT2D eigenvalue weighted by Crippen LogP contribution is 2.21. The number of rotatable bonds is 5. The van der Waals surface area contributed by atoms with Crippen LogP contribution in [0.4, 0.5) is 5.69 Å². The van der Waals surface area contributed by atoms with E-state index in [-0.39, 0.29) is 0 Å². The minimum absolute atomic E-state index is 0.618. The molecule has 0 fully saturated rings. The van der Waals surface area contributed by atoms with Crippen molar-refractivity contribution in [2.75, 3.05) is 11.9 Å². The number of fused-ring (bicyclic) bond motifs is 1. The van der Waals surface area contributed by atoms with E-state index in [0.717, 1.165) is 28.8 Å². The first kappa shape index (κ1) is 14.4. The molecule has 2 aromatic carbocycles. The Kier molecular flexibility index (Phi) is 4.24. The zero-order chi connectivity index (χ0) is 15.4. The summed E-state index contributed by atoms with van der Waals surface area (Å²) in [6.07, 6.45) is 4.18. The van der Waals surface area contributed by atoms with Crippen LogP contribution in [0.15, 0.2) is 48.5 Å². The molecule has 1 heterocycles.